The Morgan fingerprint density at radius 1 is 1.56 bits per heavy atom. The van der Waals surface area contributed by atoms with Crippen LogP contribution in [0.4, 0.5) is 0 Å². The molecule has 0 atom stereocenters. The third kappa shape index (κ3) is 5.46. The molecule has 0 saturated heterocycles. The van der Waals surface area contributed by atoms with Gasteiger partial charge in [0.05, 0.1) is 12.7 Å². The van der Waals surface area contributed by atoms with Crippen molar-refractivity contribution in [1.29, 1.82) is 0 Å². The van der Waals surface area contributed by atoms with Crippen molar-refractivity contribution in [2.24, 2.45) is 11.1 Å². The quantitative estimate of drug-likeness (QED) is 0.903. The SMILES string of the molecule is CN(Cc1ncc(Cl)s1)CC(C)(C)CN.Cl. The lowest BCUT2D eigenvalue weighted by atomic mass is 9.93. The minimum absolute atomic E-state index is 0. The van der Waals surface area contributed by atoms with Gasteiger partial charge < -0.3 is 5.73 Å². The third-order valence-electron chi connectivity index (χ3n) is 2.18. The minimum Gasteiger partial charge on any atom is -0.330 e. The second kappa shape index (κ2) is 6.77. The molecule has 0 unspecified atom stereocenters. The fourth-order valence-corrected chi connectivity index (χ4v) is 2.48. The molecule has 1 aromatic rings. The van der Waals surface area contributed by atoms with Gasteiger partial charge >= 0.3 is 0 Å². The van der Waals surface area contributed by atoms with Crippen LogP contribution < -0.4 is 5.73 Å². The van der Waals surface area contributed by atoms with Gasteiger partial charge in [-0.05, 0) is 19.0 Å². The van der Waals surface area contributed by atoms with E-state index in [0.29, 0.717) is 6.54 Å². The number of aromatic nitrogens is 1. The maximum absolute atomic E-state index is 5.82. The van der Waals surface area contributed by atoms with Gasteiger partial charge in [-0.25, -0.2) is 4.98 Å². The van der Waals surface area contributed by atoms with Gasteiger partial charge in [-0.2, -0.15) is 0 Å². The van der Waals surface area contributed by atoms with E-state index < -0.39 is 0 Å². The summed E-state index contributed by atoms with van der Waals surface area (Å²) in [6.45, 7) is 6.81. The van der Waals surface area contributed by atoms with Crippen molar-refractivity contribution in [3.8, 4) is 0 Å². The first-order valence-electron chi connectivity index (χ1n) is 4.92. The van der Waals surface area contributed by atoms with E-state index in [9.17, 15) is 0 Å². The number of hydrogen-bond acceptors (Lipinski definition) is 4. The van der Waals surface area contributed by atoms with Crippen LogP contribution in [0.15, 0.2) is 6.20 Å². The van der Waals surface area contributed by atoms with Crippen LogP contribution in [0.3, 0.4) is 0 Å². The fourth-order valence-electron chi connectivity index (χ4n) is 1.44. The third-order valence-corrected chi connectivity index (χ3v) is 3.28. The molecule has 0 aromatic carbocycles. The van der Waals surface area contributed by atoms with Crippen LogP contribution in [0.1, 0.15) is 18.9 Å². The van der Waals surface area contributed by atoms with E-state index in [2.05, 4.69) is 30.8 Å². The van der Waals surface area contributed by atoms with E-state index in [1.54, 1.807) is 6.20 Å². The summed E-state index contributed by atoms with van der Waals surface area (Å²) in [5.41, 5.74) is 5.84. The lowest BCUT2D eigenvalue weighted by Gasteiger charge is -2.28. The highest BCUT2D eigenvalue weighted by molar-refractivity contribution is 7.15. The van der Waals surface area contributed by atoms with Crippen LogP contribution in [-0.2, 0) is 6.54 Å². The highest BCUT2D eigenvalue weighted by Gasteiger charge is 2.18. The number of rotatable bonds is 5. The summed E-state index contributed by atoms with van der Waals surface area (Å²) in [6.07, 6.45) is 1.70. The molecule has 0 bridgehead atoms. The first-order chi connectivity index (χ1) is 6.93. The molecular formula is C10H19Cl2N3S. The molecule has 0 aliphatic rings. The molecule has 6 heteroatoms. The smallest absolute Gasteiger partial charge is 0.113 e. The molecule has 0 aliphatic carbocycles. The molecule has 0 spiro atoms. The first kappa shape index (κ1) is 16.1. The summed E-state index contributed by atoms with van der Waals surface area (Å²) in [6, 6.07) is 0. The summed E-state index contributed by atoms with van der Waals surface area (Å²) in [5.74, 6) is 0. The zero-order valence-corrected chi connectivity index (χ0v) is 12.3. The molecule has 1 aromatic heterocycles. The van der Waals surface area contributed by atoms with Crippen molar-refractivity contribution in [3.05, 3.63) is 15.5 Å². The van der Waals surface area contributed by atoms with E-state index in [1.807, 2.05) is 0 Å². The normalized spacial score (nSPS) is 11.6. The average Bonchev–Trinajstić information content (AvgIpc) is 2.50. The van der Waals surface area contributed by atoms with Gasteiger partial charge in [0, 0.05) is 6.54 Å². The van der Waals surface area contributed by atoms with Gasteiger partial charge in [-0.3, -0.25) is 4.90 Å². The standard InChI is InChI=1S/C10H18ClN3S.ClH/c1-10(2,6-12)7-14(3)5-9-13-4-8(11)15-9;/h4H,5-7,12H2,1-3H3;1H. The monoisotopic (exact) mass is 283 g/mol. The molecule has 0 radical (unpaired) electrons. The highest BCUT2D eigenvalue weighted by Crippen LogP contribution is 2.21. The van der Waals surface area contributed by atoms with Crippen LogP contribution in [0.2, 0.25) is 4.34 Å². The molecule has 1 heterocycles. The molecule has 0 aliphatic heterocycles. The van der Waals surface area contributed by atoms with Crippen molar-refractivity contribution >= 4 is 35.3 Å². The maximum Gasteiger partial charge on any atom is 0.113 e. The molecule has 2 N–H and O–H groups in total. The Balaban J connectivity index is 0.00000225. The van der Waals surface area contributed by atoms with Crippen LogP contribution in [0.25, 0.3) is 0 Å². The molecule has 16 heavy (non-hydrogen) atoms. The van der Waals surface area contributed by atoms with Crippen molar-refractivity contribution in [3.63, 3.8) is 0 Å². The van der Waals surface area contributed by atoms with Crippen LogP contribution >= 0.6 is 35.3 Å². The Hall–Kier alpha value is 0.130. The van der Waals surface area contributed by atoms with Crippen LogP contribution in [0, 0.1) is 5.41 Å². The second-order valence-corrected chi connectivity index (χ2v) is 6.35. The molecule has 3 nitrogen and oxygen atoms in total. The van der Waals surface area contributed by atoms with Crippen LogP contribution in [-0.4, -0.2) is 30.0 Å². The average molecular weight is 284 g/mol. The number of nitrogens with zero attached hydrogens (tertiary/aromatic N) is 2. The molecule has 0 amide bonds. The topological polar surface area (TPSA) is 42.2 Å². The van der Waals surface area contributed by atoms with Gasteiger partial charge in [0.1, 0.15) is 9.34 Å². The minimum atomic E-state index is 0. The van der Waals surface area contributed by atoms with Crippen molar-refractivity contribution in [2.75, 3.05) is 20.1 Å². The van der Waals surface area contributed by atoms with E-state index in [-0.39, 0.29) is 17.8 Å². The summed E-state index contributed by atoms with van der Waals surface area (Å²) in [5, 5.41) is 1.05. The largest absolute Gasteiger partial charge is 0.330 e. The van der Waals surface area contributed by atoms with Gasteiger partial charge in [0.15, 0.2) is 0 Å². The van der Waals surface area contributed by atoms with Gasteiger partial charge in [-0.1, -0.05) is 25.4 Å². The van der Waals surface area contributed by atoms with Crippen molar-refractivity contribution in [1.82, 2.24) is 9.88 Å². The Morgan fingerprint density at radius 3 is 2.62 bits per heavy atom. The summed E-state index contributed by atoms with van der Waals surface area (Å²) >= 11 is 7.35. The number of hydrogen-bond donors (Lipinski definition) is 1. The number of thiazole rings is 1. The Bertz CT molecular complexity index is 315. The fraction of sp³-hybridized carbons (Fsp3) is 0.700. The van der Waals surface area contributed by atoms with Crippen LogP contribution in [0.5, 0.6) is 0 Å². The first-order valence-corrected chi connectivity index (χ1v) is 6.11. The highest BCUT2D eigenvalue weighted by atomic mass is 35.5. The lowest BCUT2D eigenvalue weighted by Crippen LogP contribution is -2.36. The maximum atomic E-state index is 5.82. The molecule has 0 saturated carbocycles. The summed E-state index contributed by atoms with van der Waals surface area (Å²) < 4.78 is 0.747. The number of nitrogens with two attached hydrogens (primary N) is 1. The van der Waals surface area contributed by atoms with Gasteiger partial charge in [0.2, 0.25) is 0 Å². The molecule has 0 fully saturated rings. The van der Waals surface area contributed by atoms with E-state index >= 15 is 0 Å². The summed E-state index contributed by atoms with van der Waals surface area (Å²) in [4.78, 5) is 6.45. The van der Waals surface area contributed by atoms with E-state index in [4.69, 9.17) is 17.3 Å². The summed E-state index contributed by atoms with van der Waals surface area (Å²) in [7, 11) is 2.08. The van der Waals surface area contributed by atoms with Crippen molar-refractivity contribution in [2.45, 2.75) is 20.4 Å². The number of halogens is 2. The van der Waals surface area contributed by atoms with Gasteiger partial charge in [0.25, 0.3) is 0 Å². The predicted octanol–water partition coefficient (Wildman–Crippen LogP) is 2.64. The second-order valence-electron chi connectivity index (χ2n) is 4.60. The zero-order chi connectivity index (χ0) is 11.5. The zero-order valence-electron chi connectivity index (χ0n) is 9.86. The van der Waals surface area contributed by atoms with E-state index in [0.717, 1.165) is 22.4 Å². The molecular weight excluding hydrogens is 265 g/mol. The van der Waals surface area contributed by atoms with E-state index in [1.165, 1.54) is 11.3 Å². The Kier molecular flexibility index (Phi) is 6.82. The predicted molar refractivity (Wildman–Crippen MR) is 73.5 cm³/mol. The van der Waals surface area contributed by atoms with Gasteiger partial charge in [-0.15, -0.1) is 23.7 Å². The molecule has 1 rings (SSSR count). The molecule has 94 valence electrons. The Labute approximate surface area is 112 Å². The van der Waals surface area contributed by atoms with Crippen molar-refractivity contribution < 1.29 is 0 Å². The Morgan fingerprint density at radius 2 is 2.19 bits per heavy atom. The lowest BCUT2D eigenvalue weighted by molar-refractivity contribution is 0.209.